The SMILES string of the molecule is C[C@@H](C(=O)NC1CCC(OCC(=O)OC(C)(C)C)C(O)C1O)N(Cc1ccccc1)C(=O)O. The van der Waals surface area contributed by atoms with Crippen LogP contribution in [-0.4, -0.2) is 80.8 Å². The molecule has 0 saturated heterocycles. The van der Waals surface area contributed by atoms with Crippen molar-refractivity contribution in [2.75, 3.05) is 6.61 Å². The summed E-state index contributed by atoms with van der Waals surface area (Å²) in [5.74, 6) is -1.17. The maximum Gasteiger partial charge on any atom is 0.408 e. The first-order valence-corrected chi connectivity index (χ1v) is 10.9. The summed E-state index contributed by atoms with van der Waals surface area (Å²) in [6, 6.07) is 7.09. The Labute approximate surface area is 193 Å². The molecule has 0 heterocycles. The van der Waals surface area contributed by atoms with Crippen molar-refractivity contribution in [3.63, 3.8) is 0 Å². The van der Waals surface area contributed by atoms with Crippen molar-refractivity contribution < 1.29 is 39.2 Å². The molecule has 1 aliphatic rings. The zero-order valence-electron chi connectivity index (χ0n) is 19.4. The van der Waals surface area contributed by atoms with Gasteiger partial charge in [-0.15, -0.1) is 0 Å². The highest BCUT2D eigenvalue weighted by Gasteiger charge is 2.40. The van der Waals surface area contributed by atoms with Crippen molar-refractivity contribution >= 4 is 18.0 Å². The molecule has 1 fully saturated rings. The number of esters is 1. The predicted molar refractivity (Wildman–Crippen MR) is 118 cm³/mol. The van der Waals surface area contributed by atoms with Crippen LogP contribution in [0, 0.1) is 0 Å². The number of aliphatic hydroxyl groups is 2. The largest absolute Gasteiger partial charge is 0.465 e. The van der Waals surface area contributed by atoms with Gasteiger partial charge in [-0.25, -0.2) is 9.59 Å². The molecule has 1 aromatic carbocycles. The minimum Gasteiger partial charge on any atom is -0.465 e. The van der Waals surface area contributed by atoms with Gasteiger partial charge < -0.3 is 30.1 Å². The average Bonchev–Trinajstić information content (AvgIpc) is 2.73. The van der Waals surface area contributed by atoms with Crippen LogP contribution in [0.15, 0.2) is 30.3 Å². The normalized spacial score (nSPS) is 23.9. The molecule has 184 valence electrons. The van der Waals surface area contributed by atoms with E-state index in [1.807, 2.05) is 6.07 Å². The van der Waals surface area contributed by atoms with Crippen molar-refractivity contribution in [2.45, 2.75) is 83.1 Å². The van der Waals surface area contributed by atoms with Gasteiger partial charge in [0, 0.05) is 6.54 Å². The first kappa shape index (κ1) is 26.6. The van der Waals surface area contributed by atoms with Gasteiger partial charge >= 0.3 is 12.1 Å². The van der Waals surface area contributed by atoms with Crippen LogP contribution in [0.4, 0.5) is 4.79 Å². The van der Waals surface area contributed by atoms with Crippen LogP contribution >= 0.6 is 0 Å². The lowest BCUT2D eigenvalue weighted by atomic mass is 9.87. The zero-order valence-corrected chi connectivity index (χ0v) is 19.4. The number of ether oxygens (including phenoxy) is 2. The summed E-state index contributed by atoms with van der Waals surface area (Å²) in [5, 5.41) is 33.1. The molecule has 0 bridgehead atoms. The Bertz CT molecular complexity index is 810. The zero-order chi connectivity index (χ0) is 24.8. The second-order valence-corrected chi connectivity index (χ2v) is 9.18. The summed E-state index contributed by atoms with van der Waals surface area (Å²) >= 11 is 0. The first-order chi connectivity index (χ1) is 15.4. The van der Waals surface area contributed by atoms with Gasteiger partial charge in [0.1, 0.15) is 30.5 Å². The van der Waals surface area contributed by atoms with E-state index in [1.54, 1.807) is 45.0 Å². The number of carbonyl (C=O) groups is 3. The molecule has 4 unspecified atom stereocenters. The second kappa shape index (κ2) is 11.4. The van der Waals surface area contributed by atoms with E-state index in [0.717, 1.165) is 10.5 Å². The van der Waals surface area contributed by atoms with Crippen molar-refractivity contribution in [3.8, 4) is 0 Å². The van der Waals surface area contributed by atoms with E-state index in [-0.39, 0.29) is 26.0 Å². The van der Waals surface area contributed by atoms with Gasteiger partial charge in [-0.3, -0.25) is 9.69 Å². The molecule has 1 aliphatic carbocycles. The Kier molecular flexibility index (Phi) is 9.21. The summed E-state index contributed by atoms with van der Waals surface area (Å²) < 4.78 is 10.6. The van der Waals surface area contributed by atoms with Gasteiger partial charge in [-0.1, -0.05) is 30.3 Å². The number of nitrogens with one attached hydrogen (secondary N) is 1. The van der Waals surface area contributed by atoms with Crippen molar-refractivity contribution in [1.29, 1.82) is 0 Å². The smallest absolute Gasteiger partial charge is 0.408 e. The minimum absolute atomic E-state index is 0.0290. The molecule has 10 heteroatoms. The maximum absolute atomic E-state index is 12.7. The van der Waals surface area contributed by atoms with Crippen LogP contribution in [0.1, 0.15) is 46.1 Å². The standard InChI is InChI=1S/C23H34N2O8/c1-14(25(22(30)31)12-15-8-6-5-7-9-15)21(29)24-16-10-11-17(20(28)19(16)27)32-13-18(26)33-23(2,3)4/h5-9,14,16-17,19-20,27-28H,10-13H2,1-4H3,(H,24,29)(H,30,31)/t14-,16?,17?,19?,20?/m0/s1. The second-order valence-electron chi connectivity index (χ2n) is 9.18. The van der Waals surface area contributed by atoms with Crippen LogP contribution in [0.25, 0.3) is 0 Å². The number of amides is 2. The Morgan fingerprint density at radius 3 is 2.33 bits per heavy atom. The lowest BCUT2D eigenvalue weighted by Gasteiger charge is -2.38. The highest BCUT2D eigenvalue weighted by Crippen LogP contribution is 2.23. The summed E-state index contributed by atoms with van der Waals surface area (Å²) in [4.78, 5) is 37.3. The lowest BCUT2D eigenvalue weighted by Crippen LogP contribution is -2.59. The molecule has 0 aromatic heterocycles. The lowest BCUT2D eigenvalue weighted by molar-refractivity contribution is -0.171. The number of hydrogen-bond acceptors (Lipinski definition) is 7. The van der Waals surface area contributed by atoms with E-state index >= 15 is 0 Å². The van der Waals surface area contributed by atoms with Crippen LogP contribution in [-0.2, 0) is 25.6 Å². The van der Waals surface area contributed by atoms with E-state index in [2.05, 4.69) is 5.32 Å². The van der Waals surface area contributed by atoms with Gasteiger partial charge in [0.05, 0.1) is 12.1 Å². The quantitative estimate of drug-likeness (QED) is 0.419. The number of nitrogens with zero attached hydrogens (tertiary/aromatic N) is 1. The van der Waals surface area contributed by atoms with Crippen LogP contribution in [0.3, 0.4) is 0 Å². The van der Waals surface area contributed by atoms with E-state index in [4.69, 9.17) is 9.47 Å². The number of benzene rings is 1. The Balaban J connectivity index is 1.91. The van der Waals surface area contributed by atoms with E-state index < -0.39 is 54.0 Å². The molecule has 1 saturated carbocycles. The summed E-state index contributed by atoms with van der Waals surface area (Å²) in [5.41, 5.74) is 0.0688. The molecule has 5 atom stereocenters. The van der Waals surface area contributed by atoms with Crippen molar-refractivity contribution in [3.05, 3.63) is 35.9 Å². The average molecular weight is 467 g/mol. The summed E-state index contributed by atoms with van der Waals surface area (Å²) in [6.45, 7) is 6.30. The van der Waals surface area contributed by atoms with Gasteiger partial charge in [0.15, 0.2) is 0 Å². The fourth-order valence-corrected chi connectivity index (χ4v) is 3.62. The van der Waals surface area contributed by atoms with Crippen molar-refractivity contribution in [1.82, 2.24) is 10.2 Å². The minimum atomic E-state index is -1.34. The third-order valence-corrected chi connectivity index (χ3v) is 5.36. The van der Waals surface area contributed by atoms with E-state index in [9.17, 15) is 29.7 Å². The fraction of sp³-hybridized carbons (Fsp3) is 0.609. The molecule has 4 N–H and O–H groups in total. The topological polar surface area (TPSA) is 146 Å². The number of hydrogen-bond donors (Lipinski definition) is 4. The maximum atomic E-state index is 12.7. The Morgan fingerprint density at radius 2 is 1.76 bits per heavy atom. The number of aliphatic hydroxyl groups excluding tert-OH is 2. The monoisotopic (exact) mass is 466 g/mol. The molecule has 0 spiro atoms. The van der Waals surface area contributed by atoms with E-state index in [0.29, 0.717) is 0 Å². The summed E-state index contributed by atoms with van der Waals surface area (Å²) in [7, 11) is 0. The highest BCUT2D eigenvalue weighted by atomic mass is 16.6. The molecule has 0 radical (unpaired) electrons. The van der Waals surface area contributed by atoms with Crippen LogP contribution in [0.2, 0.25) is 0 Å². The van der Waals surface area contributed by atoms with Crippen LogP contribution in [0.5, 0.6) is 0 Å². The van der Waals surface area contributed by atoms with Crippen LogP contribution < -0.4 is 5.32 Å². The molecule has 0 aliphatic heterocycles. The molecule has 1 aromatic rings. The Hall–Kier alpha value is -2.69. The molecular formula is C23H34N2O8. The molecule has 10 nitrogen and oxygen atoms in total. The van der Waals surface area contributed by atoms with E-state index in [1.165, 1.54) is 6.92 Å². The third kappa shape index (κ3) is 7.99. The summed E-state index contributed by atoms with van der Waals surface area (Å²) in [6.07, 6.45) is -4.16. The van der Waals surface area contributed by atoms with Gasteiger partial charge in [-0.05, 0) is 46.1 Å². The highest BCUT2D eigenvalue weighted by molar-refractivity contribution is 5.85. The van der Waals surface area contributed by atoms with Gasteiger partial charge in [-0.2, -0.15) is 0 Å². The molecule has 2 amide bonds. The Morgan fingerprint density at radius 1 is 1.12 bits per heavy atom. The number of carbonyl (C=O) groups excluding carboxylic acids is 2. The van der Waals surface area contributed by atoms with Crippen molar-refractivity contribution in [2.24, 2.45) is 0 Å². The molecule has 33 heavy (non-hydrogen) atoms. The van der Waals surface area contributed by atoms with Gasteiger partial charge in [0.2, 0.25) is 5.91 Å². The first-order valence-electron chi connectivity index (χ1n) is 10.9. The molecule has 2 rings (SSSR count). The molecular weight excluding hydrogens is 432 g/mol. The number of carboxylic acid groups (broad SMARTS) is 1. The number of rotatable bonds is 8. The fourth-order valence-electron chi connectivity index (χ4n) is 3.62. The predicted octanol–water partition coefficient (Wildman–Crippen LogP) is 1.28. The third-order valence-electron chi connectivity index (χ3n) is 5.36. The van der Waals surface area contributed by atoms with Gasteiger partial charge in [0.25, 0.3) is 0 Å².